The van der Waals surface area contributed by atoms with Crippen molar-refractivity contribution in [3.63, 3.8) is 0 Å². The zero-order valence-electron chi connectivity index (χ0n) is 5.87. The highest BCUT2D eigenvalue weighted by atomic mass is 35.5. The maximum Gasteiger partial charge on any atom is 0.322 e. The molecule has 62 valence electrons. The number of esters is 1. The number of ether oxygens (including phenoxy) is 1. The Labute approximate surface area is 66.3 Å². The van der Waals surface area contributed by atoms with Crippen LogP contribution in [0.25, 0.3) is 0 Å². The molecule has 0 rings (SSSR count). The lowest BCUT2D eigenvalue weighted by atomic mass is 10.2. The molecule has 5 heteroatoms. The Bertz CT molecular complexity index is 99.6. The van der Waals surface area contributed by atoms with Gasteiger partial charge in [-0.1, -0.05) is 0 Å². The first-order valence-corrected chi connectivity index (χ1v) is 2.76. The van der Waals surface area contributed by atoms with Gasteiger partial charge in [0.15, 0.2) is 0 Å². The van der Waals surface area contributed by atoms with Gasteiger partial charge in [0, 0.05) is 0 Å². The van der Waals surface area contributed by atoms with Crippen LogP contribution < -0.4 is 11.5 Å². The van der Waals surface area contributed by atoms with Crippen LogP contribution >= 0.6 is 12.4 Å². The van der Waals surface area contributed by atoms with Crippen molar-refractivity contribution in [3.05, 3.63) is 0 Å². The predicted octanol–water partition coefficient (Wildman–Crippen LogP) is -0.743. The molecule has 1 unspecified atom stereocenters. The first kappa shape index (κ1) is 12.4. The first-order valence-electron chi connectivity index (χ1n) is 2.76. The Morgan fingerprint density at radius 2 is 2.20 bits per heavy atom. The lowest BCUT2D eigenvalue weighted by molar-refractivity contribution is -0.142. The Morgan fingerprint density at radius 3 is 2.50 bits per heavy atom. The zero-order chi connectivity index (χ0) is 7.28. The summed E-state index contributed by atoms with van der Waals surface area (Å²) in [7, 11) is 1.30. The smallest absolute Gasteiger partial charge is 0.322 e. The van der Waals surface area contributed by atoms with Crippen LogP contribution in [0.4, 0.5) is 0 Å². The van der Waals surface area contributed by atoms with Crippen molar-refractivity contribution in [3.8, 4) is 0 Å². The van der Waals surface area contributed by atoms with Crippen LogP contribution in [-0.2, 0) is 9.53 Å². The SMILES string of the molecule is COC(=O)C(N)CCN.Cl. The summed E-state index contributed by atoms with van der Waals surface area (Å²) < 4.78 is 4.35. The summed E-state index contributed by atoms with van der Waals surface area (Å²) in [4.78, 5) is 10.5. The van der Waals surface area contributed by atoms with E-state index in [1.165, 1.54) is 7.11 Å². The van der Waals surface area contributed by atoms with Crippen LogP contribution in [0.2, 0.25) is 0 Å². The Kier molecular flexibility index (Phi) is 8.40. The van der Waals surface area contributed by atoms with Crippen LogP contribution in [0.5, 0.6) is 0 Å². The van der Waals surface area contributed by atoms with Crippen LogP contribution in [0.3, 0.4) is 0 Å². The minimum atomic E-state index is -0.556. The lowest BCUT2D eigenvalue weighted by Gasteiger charge is -2.05. The van der Waals surface area contributed by atoms with Crippen molar-refractivity contribution in [2.24, 2.45) is 11.5 Å². The third kappa shape index (κ3) is 4.55. The van der Waals surface area contributed by atoms with Gasteiger partial charge in [0.1, 0.15) is 6.04 Å². The molecule has 0 aliphatic carbocycles. The fourth-order valence-electron chi connectivity index (χ4n) is 0.449. The van der Waals surface area contributed by atoms with Crippen molar-refractivity contribution >= 4 is 18.4 Å². The molecular weight excluding hydrogens is 156 g/mol. The quantitative estimate of drug-likeness (QED) is 0.544. The van der Waals surface area contributed by atoms with Crippen molar-refractivity contribution in [2.75, 3.05) is 13.7 Å². The highest BCUT2D eigenvalue weighted by Crippen LogP contribution is 1.86. The van der Waals surface area contributed by atoms with E-state index in [2.05, 4.69) is 4.74 Å². The van der Waals surface area contributed by atoms with E-state index in [0.29, 0.717) is 13.0 Å². The zero-order valence-corrected chi connectivity index (χ0v) is 6.69. The van der Waals surface area contributed by atoms with E-state index < -0.39 is 12.0 Å². The summed E-state index contributed by atoms with van der Waals surface area (Å²) in [5.41, 5.74) is 10.4. The molecule has 0 radical (unpaired) electrons. The van der Waals surface area contributed by atoms with Crippen molar-refractivity contribution in [1.82, 2.24) is 0 Å². The molecule has 0 aromatic rings. The van der Waals surface area contributed by atoms with Gasteiger partial charge in [0.05, 0.1) is 7.11 Å². The summed E-state index contributed by atoms with van der Waals surface area (Å²) in [6.45, 7) is 0.413. The number of nitrogens with two attached hydrogens (primary N) is 2. The average molecular weight is 169 g/mol. The van der Waals surface area contributed by atoms with Gasteiger partial charge < -0.3 is 16.2 Å². The van der Waals surface area contributed by atoms with Gasteiger partial charge in [0.2, 0.25) is 0 Å². The van der Waals surface area contributed by atoms with E-state index in [9.17, 15) is 4.79 Å². The van der Waals surface area contributed by atoms with Crippen LogP contribution in [0.1, 0.15) is 6.42 Å². The number of halogens is 1. The van der Waals surface area contributed by atoms with Crippen molar-refractivity contribution in [2.45, 2.75) is 12.5 Å². The normalized spacial score (nSPS) is 11.5. The van der Waals surface area contributed by atoms with Gasteiger partial charge in [-0.25, -0.2) is 0 Å². The largest absolute Gasteiger partial charge is 0.468 e. The van der Waals surface area contributed by atoms with Crippen molar-refractivity contribution in [1.29, 1.82) is 0 Å². The van der Waals surface area contributed by atoms with E-state index in [4.69, 9.17) is 11.5 Å². The molecule has 0 fully saturated rings. The highest BCUT2D eigenvalue weighted by Gasteiger charge is 2.10. The molecule has 4 nitrogen and oxygen atoms in total. The standard InChI is InChI=1S/C5H12N2O2.ClH/c1-9-5(8)4(7)2-3-6;/h4H,2-3,6-7H2,1H3;1H. The lowest BCUT2D eigenvalue weighted by Crippen LogP contribution is -2.33. The molecule has 0 aromatic heterocycles. The maximum atomic E-state index is 10.5. The summed E-state index contributed by atoms with van der Waals surface area (Å²) in [5, 5.41) is 0. The summed E-state index contributed by atoms with van der Waals surface area (Å²) >= 11 is 0. The third-order valence-corrected chi connectivity index (χ3v) is 0.982. The molecule has 0 aliphatic rings. The van der Waals surface area contributed by atoms with Crippen LogP contribution in [-0.4, -0.2) is 25.7 Å². The number of carbonyl (C=O) groups is 1. The van der Waals surface area contributed by atoms with Gasteiger partial charge in [-0.3, -0.25) is 4.79 Å². The Balaban J connectivity index is 0. The van der Waals surface area contributed by atoms with Crippen LogP contribution in [0, 0.1) is 0 Å². The van der Waals surface area contributed by atoms with E-state index in [0.717, 1.165) is 0 Å². The average Bonchev–Trinajstić information content (AvgIpc) is 1.87. The molecule has 10 heavy (non-hydrogen) atoms. The molecule has 0 bridgehead atoms. The van der Waals surface area contributed by atoms with Gasteiger partial charge in [-0.15, -0.1) is 12.4 Å². The first-order chi connectivity index (χ1) is 4.22. The number of rotatable bonds is 3. The van der Waals surface area contributed by atoms with Gasteiger partial charge >= 0.3 is 5.97 Å². The molecule has 0 heterocycles. The molecule has 0 aliphatic heterocycles. The van der Waals surface area contributed by atoms with Gasteiger partial charge in [-0.2, -0.15) is 0 Å². The number of hydrogen-bond acceptors (Lipinski definition) is 4. The van der Waals surface area contributed by atoms with Gasteiger partial charge in [0.25, 0.3) is 0 Å². The fraction of sp³-hybridized carbons (Fsp3) is 0.800. The number of methoxy groups -OCH3 is 1. The highest BCUT2D eigenvalue weighted by molar-refractivity contribution is 5.85. The summed E-state index contributed by atoms with van der Waals surface area (Å²) in [6.07, 6.45) is 0.479. The van der Waals surface area contributed by atoms with Crippen LogP contribution in [0.15, 0.2) is 0 Å². The number of carbonyl (C=O) groups excluding carboxylic acids is 1. The van der Waals surface area contributed by atoms with E-state index in [-0.39, 0.29) is 12.4 Å². The summed E-state index contributed by atoms with van der Waals surface area (Å²) in [5.74, 6) is -0.402. The molecule has 0 amide bonds. The molecule has 0 saturated heterocycles. The monoisotopic (exact) mass is 168 g/mol. The Morgan fingerprint density at radius 1 is 1.70 bits per heavy atom. The minimum Gasteiger partial charge on any atom is -0.468 e. The molecular formula is C5H13ClN2O2. The predicted molar refractivity (Wildman–Crippen MR) is 40.9 cm³/mol. The van der Waals surface area contributed by atoms with Crippen molar-refractivity contribution < 1.29 is 9.53 Å². The third-order valence-electron chi connectivity index (χ3n) is 0.982. The van der Waals surface area contributed by atoms with E-state index >= 15 is 0 Å². The van der Waals surface area contributed by atoms with E-state index in [1.807, 2.05) is 0 Å². The minimum absolute atomic E-state index is 0. The molecule has 0 aromatic carbocycles. The van der Waals surface area contributed by atoms with Gasteiger partial charge in [-0.05, 0) is 13.0 Å². The molecule has 4 N–H and O–H groups in total. The Hall–Kier alpha value is -0.320. The number of hydrogen-bond donors (Lipinski definition) is 2. The maximum absolute atomic E-state index is 10.5. The molecule has 0 spiro atoms. The summed E-state index contributed by atoms with van der Waals surface area (Å²) in [6, 6.07) is -0.556. The second-order valence-corrected chi connectivity index (χ2v) is 1.71. The molecule has 1 atom stereocenters. The topological polar surface area (TPSA) is 78.3 Å². The van der Waals surface area contributed by atoms with E-state index in [1.54, 1.807) is 0 Å². The fourth-order valence-corrected chi connectivity index (χ4v) is 0.449. The molecule has 0 saturated carbocycles. The second kappa shape index (κ2) is 6.80. The second-order valence-electron chi connectivity index (χ2n) is 1.71.